The van der Waals surface area contributed by atoms with Gasteiger partial charge in [0.2, 0.25) is 5.95 Å². The molecule has 0 fully saturated rings. The molecule has 2 heterocycles. The van der Waals surface area contributed by atoms with Gasteiger partial charge >= 0.3 is 0 Å². The number of nitrogens with one attached hydrogen (secondary N) is 2. The molecule has 0 bridgehead atoms. The van der Waals surface area contributed by atoms with Crippen molar-refractivity contribution in [2.24, 2.45) is 0 Å². The molecule has 2 aromatic rings. The van der Waals surface area contributed by atoms with E-state index < -0.39 is 0 Å². The van der Waals surface area contributed by atoms with Crippen molar-refractivity contribution in [1.29, 1.82) is 0 Å². The lowest BCUT2D eigenvalue weighted by Crippen LogP contribution is -2.16. The zero-order valence-electron chi connectivity index (χ0n) is 12.6. The smallest absolute Gasteiger partial charge is 0.258 e. The Morgan fingerprint density at radius 2 is 1.86 bits per heavy atom. The molecular formula is C14H18N6O. The number of amides is 1. The second-order valence-electron chi connectivity index (χ2n) is 4.67. The van der Waals surface area contributed by atoms with E-state index in [-0.39, 0.29) is 11.9 Å². The number of rotatable bonds is 4. The first-order valence-electron chi connectivity index (χ1n) is 6.71. The molecule has 0 unspecified atom stereocenters. The molecule has 110 valence electrons. The van der Waals surface area contributed by atoms with E-state index in [0.29, 0.717) is 11.4 Å². The molecule has 0 saturated heterocycles. The van der Waals surface area contributed by atoms with Crippen LogP contribution in [-0.2, 0) is 0 Å². The number of carbonyl (C=O) groups excluding carboxylic acids is 1. The molecule has 21 heavy (non-hydrogen) atoms. The van der Waals surface area contributed by atoms with Crippen LogP contribution in [0.4, 0.5) is 11.8 Å². The highest BCUT2D eigenvalue weighted by atomic mass is 16.1. The number of aryl methyl sites for hydroxylation is 3. The summed E-state index contributed by atoms with van der Waals surface area (Å²) < 4.78 is 0. The summed E-state index contributed by atoms with van der Waals surface area (Å²) in [4.78, 5) is 20.7. The lowest BCUT2D eigenvalue weighted by molar-refractivity contribution is 0.102. The SMILES string of the molecule is CCNc1cc(C(=O)Nc2nnc(C)c(C)n2)cc(C)n1. The van der Waals surface area contributed by atoms with Crippen LogP contribution >= 0.6 is 0 Å². The van der Waals surface area contributed by atoms with Crippen LogP contribution in [0.3, 0.4) is 0 Å². The maximum Gasteiger partial charge on any atom is 0.258 e. The van der Waals surface area contributed by atoms with Gasteiger partial charge in [-0.25, -0.2) is 9.97 Å². The Balaban J connectivity index is 2.21. The molecule has 0 aliphatic heterocycles. The molecule has 0 aliphatic rings. The van der Waals surface area contributed by atoms with Crippen LogP contribution in [0.25, 0.3) is 0 Å². The first-order valence-corrected chi connectivity index (χ1v) is 6.71. The third kappa shape index (κ3) is 3.71. The maximum absolute atomic E-state index is 12.2. The second-order valence-corrected chi connectivity index (χ2v) is 4.67. The third-order valence-corrected chi connectivity index (χ3v) is 2.89. The van der Waals surface area contributed by atoms with E-state index in [1.54, 1.807) is 12.1 Å². The van der Waals surface area contributed by atoms with E-state index in [1.165, 1.54) is 0 Å². The molecule has 2 aromatic heterocycles. The maximum atomic E-state index is 12.2. The topological polar surface area (TPSA) is 92.7 Å². The summed E-state index contributed by atoms with van der Waals surface area (Å²) in [6, 6.07) is 3.41. The molecule has 0 saturated carbocycles. The van der Waals surface area contributed by atoms with Crippen molar-refractivity contribution in [3.05, 3.63) is 34.8 Å². The molecule has 0 radical (unpaired) electrons. The Labute approximate surface area is 123 Å². The van der Waals surface area contributed by atoms with Gasteiger partial charge in [0.15, 0.2) is 0 Å². The lowest BCUT2D eigenvalue weighted by Gasteiger charge is -2.08. The normalized spacial score (nSPS) is 10.3. The monoisotopic (exact) mass is 286 g/mol. The lowest BCUT2D eigenvalue weighted by atomic mass is 10.2. The van der Waals surface area contributed by atoms with Gasteiger partial charge in [0.25, 0.3) is 5.91 Å². The van der Waals surface area contributed by atoms with Crippen LogP contribution in [0, 0.1) is 20.8 Å². The third-order valence-electron chi connectivity index (χ3n) is 2.89. The largest absolute Gasteiger partial charge is 0.370 e. The minimum absolute atomic E-state index is 0.197. The van der Waals surface area contributed by atoms with Gasteiger partial charge in [0, 0.05) is 17.8 Å². The minimum Gasteiger partial charge on any atom is -0.370 e. The highest BCUT2D eigenvalue weighted by Crippen LogP contribution is 2.12. The summed E-state index contributed by atoms with van der Waals surface area (Å²) in [5, 5.41) is 13.5. The van der Waals surface area contributed by atoms with Crippen molar-refractivity contribution < 1.29 is 4.79 Å². The fraction of sp³-hybridized carbons (Fsp3) is 0.357. The van der Waals surface area contributed by atoms with Crippen molar-refractivity contribution in [3.63, 3.8) is 0 Å². The second kappa shape index (κ2) is 6.25. The van der Waals surface area contributed by atoms with Gasteiger partial charge in [-0.3, -0.25) is 10.1 Å². The van der Waals surface area contributed by atoms with E-state index in [2.05, 4.69) is 30.8 Å². The Kier molecular flexibility index (Phi) is 4.42. The van der Waals surface area contributed by atoms with Gasteiger partial charge < -0.3 is 5.32 Å². The van der Waals surface area contributed by atoms with Gasteiger partial charge in [-0.15, -0.1) is 5.10 Å². The fourth-order valence-electron chi connectivity index (χ4n) is 1.75. The highest BCUT2D eigenvalue weighted by Gasteiger charge is 2.11. The van der Waals surface area contributed by atoms with Crippen LogP contribution in [0.5, 0.6) is 0 Å². The summed E-state index contributed by atoms with van der Waals surface area (Å²) in [7, 11) is 0. The zero-order chi connectivity index (χ0) is 15.4. The van der Waals surface area contributed by atoms with E-state index in [4.69, 9.17) is 0 Å². The number of pyridine rings is 1. The van der Waals surface area contributed by atoms with Crippen molar-refractivity contribution in [1.82, 2.24) is 20.2 Å². The average molecular weight is 286 g/mol. The molecule has 2 rings (SSSR count). The summed E-state index contributed by atoms with van der Waals surface area (Å²) in [5.74, 6) is 0.578. The molecule has 7 nitrogen and oxygen atoms in total. The van der Waals surface area contributed by atoms with Gasteiger partial charge in [0.1, 0.15) is 5.82 Å². The number of carbonyl (C=O) groups is 1. The predicted molar refractivity (Wildman–Crippen MR) is 80.4 cm³/mol. The van der Waals surface area contributed by atoms with Gasteiger partial charge in [-0.05, 0) is 39.8 Å². The Morgan fingerprint density at radius 1 is 1.10 bits per heavy atom. The standard InChI is InChI=1S/C14H18N6O/c1-5-15-12-7-11(6-8(2)16-12)13(21)18-14-17-9(3)10(4)19-20-14/h6-7H,5H2,1-4H3,(H,15,16)(H,17,18,20,21). The first-order chi connectivity index (χ1) is 9.99. The summed E-state index contributed by atoms with van der Waals surface area (Å²) in [6.45, 7) is 8.18. The Hall–Kier alpha value is -2.57. The number of hydrogen-bond acceptors (Lipinski definition) is 6. The Morgan fingerprint density at radius 3 is 2.52 bits per heavy atom. The van der Waals surface area contributed by atoms with Crippen LogP contribution < -0.4 is 10.6 Å². The van der Waals surface area contributed by atoms with E-state index in [1.807, 2.05) is 27.7 Å². The number of aromatic nitrogens is 4. The zero-order valence-corrected chi connectivity index (χ0v) is 12.6. The highest BCUT2D eigenvalue weighted by molar-refractivity contribution is 6.03. The van der Waals surface area contributed by atoms with Gasteiger partial charge in [-0.1, -0.05) is 0 Å². The summed E-state index contributed by atoms with van der Waals surface area (Å²) >= 11 is 0. The first kappa shape index (κ1) is 14.8. The average Bonchev–Trinajstić information content (AvgIpc) is 2.42. The molecule has 0 aliphatic carbocycles. The molecule has 0 spiro atoms. The predicted octanol–water partition coefficient (Wildman–Crippen LogP) is 1.88. The minimum atomic E-state index is -0.287. The van der Waals surface area contributed by atoms with E-state index in [9.17, 15) is 4.79 Å². The van der Waals surface area contributed by atoms with Crippen molar-refractivity contribution in [3.8, 4) is 0 Å². The van der Waals surface area contributed by atoms with Crippen LogP contribution in [0.2, 0.25) is 0 Å². The summed E-state index contributed by atoms with van der Waals surface area (Å²) in [5.41, 5.74) is 2.74. The van der Waals surface area contributed by atoms with Gasteiger partial charge in [0.05, 0.1) is 11.4 Å². The van der Waals surface area contributed by atoms with E-state index >= 15 is 0 Å². The molecule has 1 amide bonds. The fourth-order valence-corrected chi connectivity index (χ4v) is 1.75. The van der Waals surface area contributed by atoms with Gasteiger partial charge in [-0.2, -0.15) is 5.10 Å². The molecule has 7 heteroatoms. The van der Waals surface area contributed by atoms with E-state index in [0.717, 1.165) is 23.6 Å². The quantitative estimate of drug-likeness (QED) is 0.891. The number of hydrogen-bond donors (Lipinski definition) is 2. The van der Waals surface area contributed by atoms with Crippen molar-refractivity contribution >= 4 is 17.7 Å². The molecular weight excluding hydrogens is 268 g/mol. The van der Waals surface area contributed by atoms with Crippen LogP contribution in [0.1, 0.15) is 34.4 Å². The molecule has 2 N–H and O–H groups in total. The van der Waals surface area contributed by atoms with Crippen molar-refractivity contribution in [2.75, 3.05) is 17.2 Å². The van der Waals surface area contributed by atoms with Crippen LogP contribution in [0.15, 0.2) is 12.1 Å². The number of anilines is 2. The van der Waals surface area contributed by atoms with Crippen molar-refractivity contribution in [2.45, 2.75) is 27.7 Å². The van der Waals surface area contributed by atoms with Crippen LogP contribution in [-0.4, -0.2) is 32.6 Å². The molecule has 0 aromatic carbocycles. The number of nitrogens with zero attached hydrogens (tertiary/aromatic N) is 4. The summed E-state index contributed by atoms with van der Waals surface area (Å²) in [6.07, 6.45) is 0. The Bertz CT molecular complexity index is 671. The molecule has 0 atom stereocenters.